The van der Waals surface area contributed by atoms with Crippen LogP contribution in [0.25, 0.3) is 0 Å². The summed E-state index contributed by atoms with van der Waals surface area (Å²) in [5, 5.41) is 20.1. The summed E-state index contributed by atoms with van der Waals surface area (Å²) in [4.78, 5) is 33.4. The second-order valence-electron chi connectivity index (χ2n) is 10.3. The first-order chi connectivity index (χ1) is 16.5. The smallest absolute Gasteiger partial charge is 1.00 e. The van der Waals surface area contributed by atoms with Crippen LogP contribution in [-0.4, -0.2) is 58.8 Å². The van der Waals surface area contributed by atoms with Crippen LogP contribution in [0.15, 0.2) is 11.6 Å². The van der Waals surface area contributed by atoms with Gasteiger partial charge >= 0.3 is 71.1 Å². The molecule has 208 valence electrons. The van der Waals surface area contributed by atoms with E-state index in [1.165, 1.54) is 68.7 Å². The number of carboxylic acid groups (broad SMARTS) is 2. The van der Waals surface area contributed by atoms with Crippen LogP contribution in [-0.2, 0) is 19.1 Å². The molecule has 3 N–H and O–H groups in total. The number of carbonyl (C=O) groups is 3. The van der Waals surface area contributed by atoms with Crippen molar-refractivity contribution >= 4 is 29.6 Å². The molecule has 1 amide bonds. The Morgan fingerprint density at radius 1 is 0.892 bits per heavy atom. The van der Waals surface area contributed by atoms with Crippen molar-refractivity contribution in [3.63, 3.8) is 0 Å². The number of allylic oxidation sites excluding steroid dienone is 1. The molecular formula is C27H51NNa2O6S. The first-order valence-corrected chi connectivity index (χ1v) is 14.2. The molecule has 0 saturated heterocycles. The molecule has 0 radical (unpaired) electrons. The average Bonchev–Trinajstić information content (AvgIpc) is 2.75. The topological polar surface area (TPSA) is 113 Å². The van der Waals surface area contributed by atoms with Gasteiger partial charge in [-0.1, -0.05) is 84.3 Å². The minimum atomic E-state index is -1.18. The molecule has 0 aliphatic heterocycles. The van der Waals surface area contributed by atoms with Gasteiger partial charge in [0.1, 0.15) is 19.3 Å². The molecule has 37 heavy (non-hydrogen) atoms. The standard InChI is InChI=1S/C27H49NO6S.2Na.2H/c1-20(2)9-6-10-21(3)11-7-12-22(4)13-8-14-23(5)15-16-35-19-24(27(32)33)28-25(29)17-34-18-26(30)31;;;;/h15,20-22,24H,6-14,16-19H2,1-5H3,(H,28,29)(H,30,31)(H,32,33);;;;/q;2*+1;2*-1/b23-15+;;;;/t21?,22?,24-;;;;/m0..../s1. The van der Waals surface area contributed by atoms with E-state index in [0.717, 1.165) is 24.2 Å². The van der Waals surface area contributed by atoms with E-state index in [2.05, 4.69) is 50.7 Å². The van der Waals surface area contributed by atoms with Gasteiger partial charge in [0.15, 0.2) is 0 Å². The molecule has 0 heterocycles. The van der Waals surface area contributed by atoms with Crippen molar-refractivity contribution < 1.29 is 91.3 Å². The Balaban J connectivity index is -0.000000963. The number of carboxylic acids is 2. The quantitative estimate of drug-likeness (QED) is 0.0967. The fraction of sp³-hybridized carbons (Fsp3) is 0.815. The number of rotatable bonds is 22. The third kappa shape index (κ3) is 27.8. The van der Waals surface area contributed by atoms with Crippen LogP contribution in [0.2, 0.25) is 0 Å². The van der Waals surface area contributed by atoms with Crippen molar-refractivity contribution in [2.45, 2.75) is 98.4 Å². The van der Waals surface area contributed by atoms with Gasteiger partial charge in [-0.3, -0.25) is 4.79 Å². The summed E-state index contributed by atoms with van der Waals surface area (Å²) in [5.74, 6) is 0.373. The number of carbonyl (C=O) groups excluding carboxylic acids is 1. The Bertz CT molecular complexity index is 660. The second kappa shape index (κ2) is 26.7. The van der Waals surface area contributed by atoms with E-state index in [1.807, 2.05) is 0 Å². The van der Waals surface area contributed by atoms with Crippen LogP contribution >= 0.6 is 11.8 Å². The predicted octanol–water partition coefficient (Wildman–Crippen LogP) is 0.00860. The van der Waals surface area contributed by atoms with Gasteiger partial charge in [0.05, 0.1) is 0 Å². The molecule has 3 atom stereocenters. The number of nitrogens with one attached hydrogen (secondary N) is 1. The minimum absolute atomic E-state index is 0. The Kier molecular flexibility index (Phi) is 30.2. The SMILES string of the molecule is C/C(=C\CSC[C@H](NC(=O)COCC(=O)O)C(=O)O)CCCC(C)CCCC(C)CCCC(C)C.[H-].[H-].[Na+].[Na+]. The fourth-order valence-corrected chi connectivity index (χ4v) is 4.84. The molecule has 0 rings (SSSR count). The summed E-state index contributed by atoms with van der Waals surface area (Å²) >= 11 is 1.44. The van der Waals surface area contributed by atoms with E-state index in [1.54, 1.807) is 0 Å². The molecule has 0 aromatic heterocycles. The molecule has 0 saturated carbocycles. The Morgan fingerprint density at radius 2 is 1.43 bits per heavy atom. The van der Waals surface area contributed by atoms with Gasteiger partial charge in [-0.15, -0.1) is 0 Å². The van der Waals surface area contributed by atoms with E-state index in [0.29, 0.717) is 5.75 Å². The van der Waals surface area contributed by atoms with Gasteiger partial charge in [-0.05, 0) is 37.5 Å². The second-order valence-corrected chi connectivity index (χ2v) is 11.4. The van der Waals surface area contributed by atoms with E-state index in [-0.39, 0.29) is 67.7 Å². The molecular weight excluding hydrogens is 512 g/mol. The van der Waals surface area contributed by atoms with E-state index < -0.39 is 37.1 Å². The fourth-order valence-electron chi connectivity index (χ4n) is 3.84. The molecule has 10 heteroatoms. The maximum atomic E-state index is 11.7. The number of hydrogen-bond acceptors (Lipinski definition) is 5. The van der Waals surface area contributed by atoms with Gasteiger partial charge < -0.3 is 23.1 Å². The molecule has 0 spiro atoms. The number of aliphatic carboxylic acids is 2. The zero-order valence-electron chi connectivity index (χ0n) is 26.5. The molecule has 0 aliphatic carbocycles. The summed E-state index contributed by atoms with van der Waals surface area (Å²) in [7, 11) is 0. The van der Waals surface area contributed by atoms with Crippen LogP contribution in [0.1, 0.15) is 95.3 Å². The first-order valence-electron chi connectivity index (χ1n) is 13.1. The van der Waals surface area contributed by atoms with Crippen LogP contribution in [0.3, 0.4) is 0 Å². The van der Waals surface area contributed by atoms with Crippen LogP contribution in [0.5, 0.6) is 0 Å². The van der Waals surface area contributed by atoms with Gasteiger partial charge in [-0.2, -0.15) is 11.8 Å². The Hall–Kier alpha value is 0.460. The predicted molar refractivity (Wildman–Crippen MR) is 146 cm³/mol. The van der Waals surface area contributed by atoms with Gasteiger partial charge in [-0.25, -0.2) is 9.59 Å². The van der Waals surface area contributed by atoms with Crippen molar-refractivity contribution in [1.29, 1.82) is 0 Å². The summed E-state index contributed by atoms with van der Waals surface area (Å²) in [6.45, 7) is 10.4. The number of ether oxygens (including phenoxy) is 1. The zero-order valence-corrected chi connectivity index (χ0v) is 29.3. The summed E-state index contributed by atoms with van der Waals surface area (Å²) < 4.78 is 4.68. The summed E-state index contributed by atoms with van der Waals surface area (Å²) in [6, 6.07) is -1.03. The van der Waals surface area contributed by atoms with E-state index in [4.69, 9.17) is 5.11 Å². The van der Waals surface area contributed by atoms with E-state index >= 15 is 0 Å². The van der Waals surface area contributed by atoms with Crippen molar-refractivity contribution in [2.24, 2.45) is 17.8 Å². The molecule has 0 bridgehead atoms. The Labute approximate surface area is 276 Å². The van der Waals surface area contributed by atoms with Crippen LogP contribution < -0.4 is 64.4 Å². The van der Waals surface area contributed by atoms with Gasteiger partial charge in [0, 0.05) is 11.5 Å². The van der Waals surface area contributed by atoms with Crippen LogP contribution in [0.4, 0.5) is 0 Å². The molecule has 0 aromatic carbocycles. The third-order valence-corrected chi connectivity index (χ3v) is 7.04. The molecule has 7 nitrogen and oxygen atoms in total. The monoisotopic (exact) mass is 563 g/mol. The molecule has 0 fully saturated rings. The van der Waals surface area contributed by atoms with Crippen molar-refractivity contribution in [3.8, 4) is 0 Å². The van der Waals surface area contributed by atoms with E-state index in [9.17, 15) is 19.5 Å². The number of amides is 1. The maximum Gasteiger partial charge on any atom is 1.00 e. The van der Waals surface area contributed by atoms with Crippen LogP contribution in [0, 0.1) is 17.8 Å². The largest absolute Gasteiger partial charge is 1.00 e. The molecule has 0 aromatic rings. The molecule has 0 aliphatic rings. The zero-order chi connectivity index (χ0) is 26.6. The summed E-state index contributed by atoms with van der Waals surface area (Å²) in [6.07, 6.45) is 13.6. The minimum Gasteiger partial charge on any atom is -1.00 e. The van der Waals surface area contributed by atoms with Crippen molar-refractivity contribution in [2.75, 3.05) is 24.7 Å². The van der Waals surface area contributed by atoms with Gasteiger partial charge in [0.25, 0.3) is 0 Å². The number of thioether (sulfide) groups is 1. The number of hydrogen-bond donors (Lipinski definition) is 3. The average molecular weight is 564 g/mol. The normalized spacial score (nSPS) is 13.7. The molecule has 2 unspecified atom stereocenters. The summed E-state index contributed by atoms with van der Waals surface area (Å²) in [5.41, 5.74) is 1.31. The van der Waals surface area contributed by atoms with Crippen molar-refractivity contribution in [3.05, 3.63) is 11.6 Å². The first kappa shape index (κ1) is 41.9. The van der Waals surface area contributed by atoms with Gasteiger partial charge in [0.2, 0.25) is 5.91 Å². The Morgan fingerprint density at radius 3 is 1.95 bits per heavy atom. The van der Waals surface area contributed by atoms with Crippen molar-refractivity contribution in [1.82, 2.24) is 5.32 Å². The maximum absolute atomic E-state index is 11.7. The third-order valence-electron chi connectivity index (χ3n) is 6.07.